The molecule has 19 heavy (non-hydrogen) atoms. The second-order valence-corrected chi connectivity index (χ2v) is 7.43. The van der Waals surface area contributed by atoms with Crippen molar-refractivity contribution in [1.29, 1.82) is 0 Å². The van der Waals surface area contributed by atoms with Crippen molar-refractivity contribution in [2.75, 3.05) is 20.3 Å². The summed E-state index contributed by atoms with van der Waals surface area (Å²) in [6.07, 6.45) is 6.97. The van der Waals surface area contributed by atoms with Crippen molar-refractivity contribution in [2.45, 2.75) is 71.1 Å². The minimum absolute atomic E-state index is 0.205. The first-order valence-electron chi connectivity index (χ1n) is 7.86. The van der Waals surface area contributed by atoms with Crippen LogP contribution in [0.4, 0.5) is 0 Å². The van der Waals surface area contributed by atoms with Gasteiger partial charge in [-0.3, -0.25) is 0 Å². The van der Waals surface area contributed by atoms with E-state index in [1.165, 1.54) is 32.1 Å². The summed E-state index contributed by atoms with van der Waals surface area (Å²) in [6.45, 7) is 8.72. The highest BCUT2D eigenvalue weighted by molar-refractivity contribution is 4.85. The quantitative estimate of drug-likeness (QED) is 0.771. The summed E-state index contributed by atoms with van der Waals surface area (Å²) in [5.41, 5.74) is 0.421. The lowest BCUT2D eigenvalue weighted by Gasteiger charge is -2.40. The highest BCUT2D eigenvalue weighted by Gasteiger charge is 2.34. The van der Waals surface area contributed by atoms with E-state index in [0.29, 0.717) is 18.1 Å². The Morgan fingerprint density at radius 2 is 2.00 bits per heavy atom. The van der Waals surface area contributed by atoms with Crippen LogP contribution in [0.25, 0.3) is 0 Å². The van der Waals surface area contributed by atoms with E-state index in [9.17, 15) is 0 Å². The van der Waals surface area contributed by atoms with Crippen LogP contribution in [0, 0.1) is 11.3 Å². The van der Waals surface area contributed by atoms with Crippen LogP contribution in [0.5, 0.6) is 0 Å². The minimum atomic E-state index is 0.205. The van der Waals surface area contributed by atoms with Crippen LogP contribution in [-0.4, -0.2) is 38.5 Å². The third kappa shape index (κ3) is 5.41. The first-order valence-corrected chi connectivity index (χ1v) is 7.86. The minimum Gasteiger partial charge on any atom is -0.382 e. The molecule has 2 saturated carbocycles. The van der Waals surface area contributed by atoms with E-state index in [0.717, 1.165) is 18.5 Å². The molecule has 0 heterocycles. The van der Waals surface area contributed by atoms with Crippen molar-refractivity contribution < 1.29 is 9.47 Å². The van der Waals surface area contributed by atoms with E-state index >= 15 is 0 Å². The second-order valence-electron chi connectivity index (χ2n) is 7.43. The number of hydrogen-bond donors (Lipinski definition) is 1. The molecule has 2 fully saturated rings. The lowest BCUT2D eigenvalue weighted by Crippen LogP contribution is -2.40. The Morgan fingerprint density at radius 3 is 2.58 bits per heavy atom. The Kier molecular flexibility index (Phi) is 5.27. The van der Waals surface area contributed by atoms with Crippen molar-refractivity contribution in [3.8, 4) is 0 Å². The predicted molar refractivity (Wildman–Crippen MR) is 78.4 cm³/mol. The number of hydrogen-bond acceptors (Lipinski definition) is 3. The van der Waals surface area contributed by atoms with E-state index in [-0.39, 0.29) is 6.10 Å². The van der Waals surface area contributed by atoms with Crippen molar-refractivity contribution >= 4 is 0 Å². The summed E-state index contributed by atoms with van der Waals surface area (Å²) in [7, 11) is 1.76. The Bertz CT molecular complexity index is 276. The lowest BCUT2D eigenvalue weighted by atomic mass is 9.71. The molecule has 0 aliphatic heterocycles. The fourth-order valence-corrected chi connectivity index (χ4v) is 3.55. The molecule has 0 aromatic rings. The Hall–Kier alpha value is -0.120. The second kappa shape index (κ2) is 6.55. The molecule has 0 aromatic heterocycles. The van der Waals surface area contributed by atoms with Crippen LogP contribution in [0.3, 0.4) is 0 Å². The number of rotatable bonds is 7. The molecule has 0 amide bonds. The molecule has 2 aliphatic rings. The summed E-state index contributed by atoms with van der Waals surface area (Å²) in [5.74, 6) is 0.772. The fourth-order valence-electron chi connectivity index (χ4n) is 3.55. The third-order valence-corrected chi connectivity index (χ3v) is 4.30. The van der Waals surface area contributed by atoms with E-state index < -0.39 is 0 Å². The van der Waals surface area contributed by atoms with Gasteiger partial charge in [-0.25, -0.2) is 0 Å². The van der Waals surface area contributed by atoms with Gasteiger partial charge >= 0.3 is 0 Å². The van der Waals surface area contributed by atoms with Gasteiger partial charge in [-0.2, -0.15) is 0 Å². The van der Waals surface area contributed by atoms with E-state index in [2.05, 4.69) is 26.1 Å². The van der Waals surface area contributed by atoms with Crippen LogP contribution >= 0.6 is 0 Å². The van der Waals surface area contributed by atoms with E-state index in [1.807, 2.05) is 0 Å². The van der Waals surface area contributed by atoms with Gasteiger partial charge in [0.05, 0.1) is 18.8 Å². The van der Waals surface area contributed by atoms with Crippen molar-refractivity contribution in [3.63, 3.8) is 0 Å². The van der Waals surface area contributed by atoms with Crippen molar-refractivity contribution in [3.05, 3.63) is 0 Å². The van der Waals surface area contributed by atoms with Crippen LogP contribution in [0.1, 0.15) is 52.9 Å². The number of methoxy groups -OCH3 is 1. The van der Waals surface area contributed by atoms with Crippen molar-refractivity contribution in [1.82, 2.24) is 5.32 Å². The molecule has 0 bridgehead atoms. The molecule has 0 saturated heterocycles. The largest absolute Gasteiger partial charge is 0.382 e. The Morgan fingerprint density at radius 1 is 1.26 bits per heavy atom. The molecular weight excluding hydrogens is 238 g/mol. The average Bonchev–Trinajstić information content (AvgIpc) is 3.07. The summed E-state index contributed by atoms with van der Waals surface area (Å²) < 4.78 is 11.6. The lowest BCUT2D eigenvalue weighted by molar-refractivity contribution is -0.0857. The highest BCUT2D eigenvalue weighted by Crippen LogP contribution is 2.40. The van der Waals surface area contributed by atoms with Gasteiger partial charge in [0.1, 0.15) is 0 Å². The summed E-state index contributed by atoms with van der Waals surface area (Å²) in [4.78, 5) is 0. The molecule has 2 rings (SSSR count). The molecule has 0 spiro atoms. The van der Waals surface area contributed by atoms with Crippen LogP contribution in [0.15, 0.2) is 0 Å². The monoisotopic (exact) mass is 269 g/mol. The SMILES string of the molecule is COCC(CNC1CC1)OC1CC(C)CC(C)(C)C1. The van der Waals surface area contributed by atoms with Gasteiger partial charge in [-0.05, 0) is 43.4 Å². The van der Waals surface area contributed by atoms with Gasteiger partial charge in [0.15, 0.2) is 0 Å². The van der Waals surface area contributed by atoms with Crippen LogP contribution in [-0.2, 0) is 9.47 Å². The van der Waals surface area contributed by atoms with Crippen molar-refractivity contribution in [2.24, 2.45) is 11.3 Å². The van der Waals surface area contributed by atoms with Gasteiger partial charge in [-0.1, -0.05) is 20.8 Å². The Balaban J connectivity index is 1.80. The molecule has 0 aromatic carbocycles. The molecule has 3 heteroatoms. The normalized spacial score (nSPS) is 32.2. The molecule has 3 unspecified atom stereocenters. The predicted octanol–water partition coefficient (Wildman–Crippen LogP) is 2.98. The smallest absolute Gasteiger partial charge is 0.0936 e. The van der Waals surface area contributed by atoms with Gasteiger partial charge < -0.3 is 14.8 Å². The molecule has 3 nitrogen and oxygen atoms in total. The number of nitrogens with one attached hydrogen (secondary N) is 1. The molecular formula is C16H31NO2. The highest BCUT2D eigenvalue weighted by atomic mass is 16.5. The molecule has 0 radical (unpaired) electrons. The summed E-state index contributed by atoms with van der Waals surface area (Å²) >= 11 is 0. The molecule has 112 valence electrons. The topological polar surface area (TPSA) is 30.5 Å². The third-order valence-electron chi connectivity index (χ3n) is 4.30. The fraction of sp³-hybridized carbons (Fsp3) is 1.00. The van der Waals surface area contributed by atoms with E-state index in [1.54, 1.807) is 7.11 Å². The summed E-state index contributed by atoms with van der Waals surface area (Å²) in [5, 5.41) is 3.56. The summed E-state index contributed by atoms with van der Waals surface area (Å²) in [6, 6.07) is 0.740. The zero-order chi connectivity index (χ0) is 13.9. The Labute approximate surface area is 118 Å². The zero-order valence-corrected chi connectivity index (χ0v) is 13.1. The standard InChI is InChI=1S/C16H31NO2/c1-12-7-14(9-16(2,3)8-12)19-15(11-18-4)10-17-13-5-6-13/h12-15,17H,5-11H2,1-4H3. The number of ether oxygens (including phenoxy) is 2. The van der Waals surface area contributed by atoms with Gasteiger partial charge in [0, 0.05) is 19.7 Å². The molecule has 2 aliphatic carbocycles. The van der Waals surface area contributed by atoms with Gasteiger partial charge in [-0.15, -0.1) is 0 Å². The first kappa shape index (κ1) is 15.3. The first-order chi connectivity index (χ1) is 8.98. The van der Waals surface area contributed by atoms with Crippen LogP contribution < -0.4 is 5.32 Å². The maximum atomic E-state index is 6.33. The van der Waals surface area contributed by atoms with Crippen LogP contribution in [0.2, 0.25) is 0 Å². The molecule has 3 atom stereocenters. The maximum Gasteiger partial charge on any atom is 0.0936 e. The van der Waals surface area contributed by atoms with Gasteiger partial charge in [0.2, 0.25) is 0 Å². The van der Waals surface area contributed by atoms with Gasteiger partial charge in [0.25, 0.3) is 0 Å². The van der Waals surface area contributed by atoms with E-state index in [4.69, 9.17) is 9.47 Å². The zero-order valence-electron chi connectivity index (χ0n) is 13.1. The molecule has 1 N–H and O–H groups in total. The average molecular weight is 269 g/mol. The maximum absolute atomic E-state index is 6.33.